The van der Waals surface area contributed by atoms with Crippen molar-refractivity contribution in [3.05, 3.63) is 57.9 Å². The Labute approximate surface area is 200 Å². The van der Waals surface area contributed by atoms with Crippen LogP contribution >= 0.6 is 0 Å². The zero-order valence-corrected chi connectivity index (χ0v) is 20.1. The summed E-state index contributed by atoms with van der Waals surface area (Å²) in [6.45, 7) is 1.00. The van der Waals surface area contributed by atoms with Crippen LogP contribution in [0, 0.1) is 5.92 Å². The molecule has 2 aromatic heterocycles. The molecule has 2 aliphatic carbocycles. The predicted molar refractivity (Wildman–Crippen MR) is 137 cm³/mol. The van der Waals surface area contributed by atoms with Gasteiger partial charge < -0.3 is 20.0 Å². The number of hydrogen-bond donors (Lipinski definition) is 3. The summed E-state index contributed by atoms with van der Waals surface area (Å²) in [5.41, 5.74) is 5.86. The summed E-state index contributed by atoms with van der Waals surface area (Å²) in [6, 6.07) is 9.20. The van der Waals surface area contributed by atoms with Gasteiger partial charge in [0.25, 0.3) is 0 Å². The zero-order chi connectivity index (χ0) is 23.2. The fourth-order valence-corrected chi connectivity index (χ4v) is 7.10. The van der Waals surface area contributed by atoms with Crippen molar-refractivity contribution in [1.29, 1.82) is 0 Å². The van der Waals surface area contributed by atoms with Crippen LogP contribution in [0.25, 0.3) is 22.7 Å². The molecule has 5 nitrogen and oxygen atoms in total. The molecule has 1 unspecified atom stereocenters. The molecule has 0 radical (unpaired) electrons. The molecule has 2 saturated carbocycles. The predicted octanol–water partition coefficient (Wildman–Crippen LogP) is 4.66. The molecule has 3 aromatic rings. The van der Waals surface area contributed by atoms with Crippen molar-refractivity contribution in [2.75, 3.05) is 13.6 Å². The topological polar surface area (TPSA) is 70.1 Å². The molecule has 2 atom stereocenters. The van der Waals surface area contributed by atoms with Crippen molar-refractivity contribution in [2.24, 2.45) is 5.92 Å². The quantitative estimate of drug-likeness (QED) is 0.522. The number of benzene rings is 1. The van der Waals surface area contributed by atoms with Crippen LogP contribution in [0.3, 0.4) is 0 Å². The van der Waals surface area contributed by atoms with Crippen LogP contribution in [0.2, 0.25) is 0 Å². The average molecular weight is 458 g/mol. The monoisotopic (exact) mass is 457 g/mol. The van der Waals surface area contributed by atoms with Gasteiger partial charge in [-0.15, -0.1) is 0 Å². The van der Waals surface area contributed by atoms with Gasteiger partial charge in [-0.05, 0) is 81.2 Å². The van der Waals surface area contributed by atoms with Gasteiger partial charge in [0, 0.05) is 40.0 Å². The molecule has 6 rings (SSSR count). The van der Waals surface area contributed by atoms with Gasteiger partial charge >= 0.3 is 5.97 Å². The van der Waals surface area contributed by atoms with E-state index in [0.29, 0.717) is 23.3 Å². The van der Waals surface area contributed by atoms with E-state index in [1.165, 1.54) is 66.3 Å². The molecule has 34 heavy (non-hydrogen) atoms. The Morgan fingerprint density at radius 3 is 2.82 bits per heavy atom. The Hall–Kier alpha value is -2.79. The third-order valence-corrected chi connectivity index (χ3v) is 8.65. The number of carbonyl (C=O) groups is 1. The largest absolute Gasteiger partial charge is 0.478 e. The van der Waals surface area contributed by atoms with E-state index < -0.39 is 5.97 Å². The number of aromatic nitrogens is 2. The van der Waals surface area contributed by atoms with Gasteiger partial charge in [0.05, 0.1) is 11.1 Å². The van der Waals surface area contributed by atoms with Gasteiger partial charge in [-0.25, -0.2) is 4.79 Å². The molecule has 3 heterocycles. The minimum atomic E-state index is -0.860. The molecule has 1 aromatic carbocycles. The van der Waals surface area contributed by atoms with E-state index in [0.717, 1.165) is 36.4 Å². The number of rotatable bonds is 5. The van der Waals surface area contributed by atoms with E-state index >= 15 is 0 Å². The molecule has 2 fully saturated rings. The van der Waals surface area contributed by atoms with E-state index in [9.17, 15) is 9.90 Å². The van der Waals surface area contributed by atoms with Crippen molar-refractivity contribution in [3.63, 3.8) is 0 Å². The number of H-pyrrole nitrogens is 1. The maximum Gasteiger partial charge on any atom is 0.337 e. The van der Waals surface area contributed by atoms with Crippen molar-refractivity contribution in [2.45, 2.75) is 69.6 Å². The van der Waals surface area contributed by atoms with Crippen LogP contribution < -0.4 is 15.9 Å². The summed E-state index contributed by atoms with van der Waals surface area (Å²) in [4.78, 5) is 15.6. The first-order valence-corrected chi connectivity index (χ1v) is 13.1. The maximum absolute atomic E-state index is 12.2. The van der Waals surface area contributed by atoms with Crippen LogP contribution in [0.1, 0.15) is 91.2 Å². The van der Waals surface area contributed by atoms with E-state index in [1.807, 2.05) is 7.05 Å². The Bertz CT molecular complexity index is 1360. The lowest BCUT2D eigenvalue weighted by Gasteiger charge is -2.34. The smallest absolute Gasteiger partial charge is 0.337 e. The Morgan fingerprint density at radius 1 is 1.18 bits per heavy atom. The van der Waals surface area contributed by atoms with Crippen LogP contribution in [0.15, 0.2) is 30.5 Å². The van der Waals surface area contributed by atoms with Crippen molar-refractivity contribution in [1.82, 2.24) is 14.9 Å². The summed E-state index contributed by atoms with van der Waals surface area (Å²) in [5.74, 6) is 0.591. The number of nitrogens with one attached hydrogen (secondary N) is 2. The van der Waals surface area contributed by atoms with Crippen molar-refractivity contribution < 1.29 is 9.90 Å². The van der Waals surface area contributed by atoms with E-state index in [2.05, 4.69) is 45.3 Å². The third kappa shape index (κ3) is 3.44. The molecule has 1 aliphatic heterocycles. The standard InChI is InChI=1S/C29H35N3O2/c1-30-14-13-19-9-5-12-22-26(19)25-15-20-10-6-11-21(18-7-3-2-4-8-18)28(20)32(25)17-24-23(29(33)34)16-31-27(22)24/h6,10-11,15-19,26,30-31H,2-5,7-9,12-14H2,1H3,(H,33,34)/t19?,26-/m1/s1. The lowest BCUT2D eigenvalue weighted by Crippen LogP contribution is -2.33. The van der Waals surface area contributed by atoms with Crippen LogP contribution in [0.4, 0.5) is 0 Å². The Kier molecular flexibility index (Phi) is 5.60. The molecule has 0 spiro atoms. The van der Waals surface area contributed by atoms with Gasteiger partial charge in [-0.1, -0.05) is 37.5 Å². The maximum atomic E-state index is 12.2. The van der Waals surface area contributed by atoms with Gasteiger partial charge in [0.15, 0.2) is 0 Å². The van der Waals surface area contributed by atoms with Gasteiger partial charge in [-0.3, -0.25) is 0 Å². The lowest BCUT2D eigenvalue weighted by atomic mass is 9.72. The highest BCUT2D eigenvalue weighted by Crippen LogP contribution is 2.47. The number of hydrogen-bond acceptors (Lipinski definition) is 2. The highest BCUT2D eigenvalue weighted by atomic mass is 16.4. The Morgan fingerprint density at radius 2 is 2.03 bits per heavy atom. The Balaban J connectivity index is 1.65. The number of aromatic amines is 1. The van der Waals surface area contributed by atoms with Crippen LogP contribution in [-0.4, -0.2) is 34.2 Å². The highest BCUT2D eigenvalue weighted by Gasteiger charge is 2.35. The van der Waals surface area contributed by atoms with Crippen LogP contribution in [-0.2, 0) is 0 Å². The zero-order valence-electron chi connectivity index (χ0n) is 20.1. The minimum absolute atomic E-state index is 0.312. The minimum Gasteiger partial charge on any atom is -0.478 e. The van der Waals surface area contributed by atoms with E-state index in [1.54, 1.807) is 6.20 Å². The second-order valence-corrected chi connectivity index (χ2v) is 10.5. The highest BCUT2D eigenvalue weighted by molar-refractivity contribution is 5.91. The molecular weight excluding hydrogens is 422 g/mol. The molecule has 3 N–H and O–H groups in total. The van der Waals surface area contributed by atoms with Crippen LogP contribution in [0.5, 0.6) is 0 Å². The summed E-state index contributed by atoms with van der Waals surface area (Å²) in [5, 5.41) is 16.5. The molecule has 5 heteroatoms. The number of fused-ring (bicyclic) bond motifs is 6. The lowest BCUT2D eigenvalue weighted by molar-refractivity contribution is 0.0696. The summed E-state index contributed by atoms with van der Waals surface area (Å²) in [6.07, 6.45) is 14.8. The van der Waals surface area contributed by atoms with Crippen molar-refractivity contribution in [3.8, 4) is 0 Å². The fourth-order valence-electron chi connectivity index (χ4n) is 7.10. The fraction of sp³-hybridized carbons (Fsp3) is 0.483. The molecular formula is C29H35N3O2. The molecule has 178 valence electrons. The van der Waals surface area contributed by atoms with E-state index in [4.69, 9.17) is 0 Å². The number of carboxylic acids is 1. The molecule has 0 saturated heterocycles. The number of carboxylic acid groups (broad SMARTS) is 1. The van der Waals surface area contributed by atoms with Gasteiger partial charge in [-0.2, -0.15) is 0 Å². The van der Waals surface area contributed by atoms with E-state index in [-0.39, 0.29) is 0 Å². The molecule has 3 aliphatic rings. The number of para-hydroxylation sites is 1. The first kappa shape index (κ1) is 21.7. The second-order valence-electron chi connectivity index (χ2n) is 10.5. The molecule has 0 amide bonds. The number of nitrogens with zero attached hydrogens (tertiary/aromatic N) is 1. The number of aromatic carboxylic acids is 1. The summed E-state index contributed by atoms with van der Waals surface area (Å²) >= 11 is 0. The normalized spacial score (nSPS) is 22.6. The molecule has 0 bridgehead atoms. The van der Waals surface area contributed by atoms with Crippen molar-refractivity contribution >= 4 is 28.6 Å². The van der Waals surface area contributed by atoms with Gasteiger partial charge in [0.2, 0.25) is 0 Å². The first-order valence-electron chi connectivity index (χ1n) is 13.1. The second kappa shape index (κ2) is 8.77. The average Bonchev–Trinajstić information content (AvgIpc) is 3.42. The summed E-state index contributed by atoms with van der Waals surface area (Å²) < 4.78 is 2.40. The SMILES string of the molecule is CNCCC1CCCC2=c3[nH]cc(C(=O)O)c3=Cn3c(cc4cccc(C5CCCCC5)c43)[C@@H]21. The van der Waals surface area contributed by atoms with Gasteiger partial charge in [0.1, 0.15) is 0 Å². The summed E-state index contributed by atoms with van der Waals surface area (Å²) in [7, 11) is 2.03. The third-order valence-electron chi connectivity index (χ3n) is 8.65. The first-order chi connectivity index (χ1) is 16.7.